The van der Waals surface area contributed by atoms with Crippen molar-refractivity contribution >= 4 is 76.2 Å². The molecule has 12 aromatic rings. The maximum atomic E-state index is 2.41. The first-order chi connectivity index (χ1) is 27.7. The Hall–Kier alpha value is -7.36. The van der Waals surface area contributed by atoms with Crippen molar-refractivity contribution in [1.29, 1.82) is 0 Å². The first kappa shape index (κ1) is 31.0. The number of hydrogen-bond donors (Lipinski definition) is 0. The molecule has 3 nitrogen and oxygen atoms in total. The maximum absolute atomic E-state index is 2.41. The Labute approximate surface area is 323 Å². The minimum Gasteiger partial charge on any atom is -0.344 e. The Bertz CT molecular complexity index is 3530. The summed E-state index contributed by atoms with van der Waals surface area (Å²) in [5.41, 5.74) is 14.6. The van der Waals surface area contributed by atoms with Crippen molar-refractivity contribution < 1.29 is 0 Å². The molecule has 0 N–H and O–H groups in total. The molecule has 56 heavy (non-hydrogen) atoms. The average Bonchev–Trinajstić information content (AvgIpc) is 3.87. The van der Waals surface area contributed by atoms with Crippen LogP contribution in [0.3, 0.4) is 0 Å². The van der Waals surface area contributed by atoms with Crippen LogP contribution in [0.1, 0.15) is 0 Å². The molecule has 0 atom stereocenters. The van der Waals surface area contributed by atoms with Gasteiger partial charge < -0.3 is 13.7 Å². The van der Waals surface area contributed by atoms with E-state index in [1.807, 2.05) is 0 Å². The standard InChI is InChI=1S/C53H35N3/c1-54-48-25-21-36(37-22-27-51-46(31-37)47-28-34-12-8-9-13-35(34)33-53(47)56(51)41-16-6-3-7-17-41)29-44(48)43-24-20-39(32-52(43)54)38-23-26-50-45(30-38)42-18-10-11-19-49(42)55(50)40-14-4-2-5-15-40/h2-33H,1H3. The highest BCUT2D eigenvalue weighted by molar-refractivity contribution is 6.16. The Morgan fingerprint density at radius 3 is 1.36 bits per heavy atom. The van der Waals surface area contributed by atoms with Gasteiger partial charge in [0.1, 0.15) is 0 Å². The topological polar surface area (TPSA) is 14.8 Å². The van der Waals surface area contributed by atoms with Crippen LogP contribution < -0.4 is 0 Å². The lowest BCUT2D eigenvalue weighted by atomic mass is 9.99. The van der Waals surface area contributed by atoms with Gasteiger partial charge in [-0.25, -0.2) is 0 Å². The van der Waals surface area contributed by atoms with Gasteiger partial charge in [-0.3, -0.25) is 0 Å². The maximum Gasteiger partial charge on any atom is 0.0547 e. The average molecular weight is 714 g/mol. The molecule has 262 valence electrons. The molecule has 0 saturated heterocycles. The van der Waals surface area contributed by atoms with E-state index in [4.69, 9.17) is 0 Å². The van der Waals surface area contributed by atoms with Crippen molar-refractivity contribution in [2.45, 2.75) is 0 Å². The SMILES string of the molecule is Cn1c2ccc(-c3ccc4c(c3)c3cc5ccccc5cc3n4-c3ccccc3)cc2c2ccc(-c3ccc4c(c3)c3ccccc3n4-c3ccccc3)cc21. The first-order valence-corrected chi connectivity index (χ1v) is 19.3. The molecule has 0 bridgehead atoms. The highest BCUT2D eigenvalue weighted by Crippen LogP contribution is 2.40. The minimum atomic E-state index is 1.17. The van der Waals surface area contributed by atoms with Gasteiger partial charge in [-0.15, -0.1) is 0 Å². The summed E-state index contributed by atoms with van der Waals surface area (Å²) in [7, 11) is 2.19. The number of para-hydroxylation sites is 3. The van der Waals surface area contributed by atoms with E-state index in [-0.39, 0.29) is 0 Å². The Morgan fingerprint density at radius 2 is 0.696 bits per heavy atom. The Morgan fingerprint density at radius 1 is 0.268 bits per heavy atom. The molecule has 0 amide bonds. The number of nitrogens with zero attached hydrogens (tertiary/aromatic N) is 3. The fourth-order valence-corrected chi connectivity index (χ4v) is 9.32. The van der Waals surface area contributed by atoms with Gasteiger partial charge in [0.25, 0.3) is 0 Å². The van der Waals surface area contributed by atoms with E-state index in [0.29, 0.717) is 0 Å². The second-order valence-electron chi connectivity index (χ2n) is 15.1. The molecule has 0 saturated carbocycles. The van der Waals surface area contributed by atoms with Crippen LogP contribution in [0.15, 0.2) is 194 Å². The lowest BCUT2D eigenvalue weighted by molar-refractivity contribution is 1.01. The third kappa shape index (κ3) is 4.52. The minimum absolute atomic E-state index is 1.17. The summed E-state index contributed by atoms with van der Waals surface area (Å²) in [5, 5.41) is 10.1. The molecule has 3 heterocycles. The molecule has 0 aliphatic rings. The molecule has 9 aromatic carbocycles. The lowest BCUT2D eigenvalue weighted by Gasteiger charge is -2.09. The third-order valence-corrected chi connectivity index (χ3v) is 12.0. The number of benzene rings is 9. The van der Waals surface area contributed by atoms with Gasteiger partial charge in [-0.2, -0.15) is 0 Å². The number of aryl methyl sites for hydroxylation is 1. The van der Waals surface area contributed by atoms with E-state index in [0.717, 1.165) is 0 Å². The van der Waals surface area contributed by atoms with Gasteiger partial charge in [0.2, 0.25) is 0 Å². The summed E-state index contributed by atoms with van der Waals surface area (Å²) in [6.07, 6.45) is 0. The summed E-state index contributed by atoms with van der Waals surface area (Å²) in [5.74, 6) is 0. The predicted octanol–water partition coefficient (Wildman–Crippen LogP) is 14.0. The van der Waals surface area contributed by atoms with Crippen LogP contribution >= 0.6 is 0 Å². The predicted molar refractivity (Wildman–Crippen MR) is 237 cm³/mol. The van der Waals surface area contributed by atoms with Gasteiger partial charge in [-0.1, -0.05) is 109 Å². The zero-order valence-corrected chi connectivity index (χ0v) is 30.8. The number of aromatic nitrogens is 3. The summed E-state index contributed by atoms with van der Waals surface area (Å²) in [6, 6.07) is 71.3. The molecule has 3 aromatic heterocycles. The van der Waals surface area contributed by atoms with Gasteiger partial charge in [-0.05, 0) is 118 Å². The molecular weight excluding hydrogens is 679 g/mol. The van der Waals surface area contributed by atoms with Crippen LogP contribution in [0.2, 0.25) is 0 Å². The molecule has 0 radical (unpaired) electrons. The lowest BCUT2D eigenvalue weighted by Crippen LogP contribution is -1.93. The smallest absolute Gasteiger partial charge is 0.0547 e. The van der Waals surface area contributed by atoms with Crippen molar-refractivity contribution in [2.75, 3.05) is 0 Å². The van der Waals surface area contributed by atoms with E-state index >= 15 is 0 Å². The van der Waals surface area contributed by atoms with Gasteiger partial charge >= 0.3 is 0 Å². The van der Waals surface area contributed by atoms with Crippen LogP contribution in [-0.4, -0.2) is 13.7 Å². The fraction of sp³-hybridized carbons (Fsp3) is 0.0189. The second-order valence-corrected chi connectivity index (χ2v) is 15.1. The summed E-state index contributed by atoms with van der Waals surface area (Å²) >= 11 is 0. The summed E-state index contributed by atoms with van der Waals surface area (Å²) in [6.45, 7) is 0. The quantitative estimate of drug-likeness (QED) is 0.172. The zero-order valence-electron chi connectivity index (χ0n) is 30.8. The van der Waals surface area contributed by atoms with Crippen molar-refractivity contribution in [2.24, 2.45) is 7.05 Å². The highest BCUT2D eigenvalue weighted by Gasteiger charge is 2.17. The normalized spacial score (nSPS) is 12.0. The van der Waals surface area contributed by atoms with Crippen LogP contribution in [-0.2, 0) is 7.05 Å². The molecular formula is C53H35N3. The molecule has 0 aliphatic heterocycles. The van der Waals surface area contributed by atoms with Crippen LogP contribution in [0, 0.1) is 0 Å². The van der Waals surface area contributed by atoms with E-state index in [1.54, 1.807) is 0 Å². The van der Waals surface area contributed by atoms with E-state index in [1.165, 1.54) is 110 Å². The molecule has 12 rings (SSSR count). The van der Waals surface area contributed by atoms with Gasteiger partial charge in [0.05, 0.1) is 22.1 Å². The van der Waals surface area contributed by atoms with Gasteiger partial charge in [0, 0.05) is 61.8 Å². The molecule has 3 heteroatoms. The number of fused-ring (bicyclic) bond motifs is 10. The van der Waals surface area contributed by atoms with E-state index in [2.05, 4.69) is 215 Å². The van der Waals surface area contributed by atoms with Crippen LogP contribution in [0.25, 0.3) is 110 Å². The Balaban J connectivity index is 0.988. The molecule has 0 fully saturated rings. The monoisotopic (exact) mass is 713 g/mol. The molecule has 0 spiro atoms. The first-order valence-electron chi connectivity index (χ1n) is 19.3. The van der Waals surface area contributed by atoms with Gasteiger partial charge in [0.15, 0.2) is 0 Å². The number of hydrogen-bond acceptors (Lipinski definition) is 0. The van der Waals surface area contributed by atoms with Crippen molar-refractivity contribution in [3.8, 4) is 33.6 Å². The van der Waals surface area contributed by atoms with Crippen LogP contribution in [0.4, 0.5) is 0 Å². The van der Waals surface area contributed by atoms with Crippen LogP contribution in [0.5, 0.6) is 0 Å². The van der Waals surface area contributed by atoms with Crippen molar-refractivity contribution in [3.05, 3.63) is 194 Å². The zero-order chi connectivity index (χ0) is 36.9. The van der Waals surface area contributed by atoms with Crippen molar-refractivity contribution in [3.63, 3.8) is 0 Å². The molecule has 0 aliphatic carbocycles. The second kappa shape index (κ2) is 11.8. The third-order valence-electron chi connectivity index (χ3n) is 12.0. The van der Waals surface area contributed by atoms with E-state index in [9.17, 15) is 0 Å². The number of rotatable bonds is 4. The molecule has 0 unspecified atom stereocenters. The summed E-state index contributed by atoms with van der Waals surface area (Å²) < 4.78 is 7.13. The summed E-state index contributed by atoms with van der Waals surface area (Å²) in [4.78, 5) is 0. The fourth-order valence-electron chi connectivity index (χ4n) is 9.32. The van der Waals surface area contributed by atoms with E-state index < -0.39 is 0 Å². The highest BCUT2D eigenvalue weighted by atomic mass is 15.0. The largest absolute Gasteiger partial charge is 0.344 e. The van der Waals surface area contributed by atoms with Crippen molar-refractivity contribution in [1.82, 2.24) is 13.7 Å². The Kier molecular flexibility index (Phi) is 6.55.